The van der Waals surface area contributed by atoms with Gasteiger partial charge >= 0.3 is 0 Å². The molecule has 0 fully saturated rings. The van der Waals surface area contributed by atoms with Crippen LogP contribution in [-0.2, 0) is 6.42 Å². The summed E-state index contributed by atoms with van der Waals surface area (Å²) < 4.78 is 5.72. The average Bonchev–Trinajstić information content (AvgIpc) is 2.45. The maximum atomic E-state index is 5.90. The lowest BCUT2D eigenvalue weighted by atomic mass is 9.92. The fraction of sp³-hybridized carbons (Fsp3) is 0.412. The van der Waals surface area contributed by atoms with Crippen LogP contribution < -0.4 is 10.5 Å². The molecule has 2 atom stereocenters. The van der Waals surface area contributed by atoms with Crippen molar-refractivity contribution in [3.63, 3.8) is 0 Å². The summed E-state index contributed by atoms with van der Waals surface area (Å²) in [5, 5.41) is 0. The first-order valence-electron chi connectivity index (χ1n) is 7.45. The Bertz CT molecular complexity index is 640. The quantitative estimate of drug-likeness (QED) is 0.940. The van der Waals surface area contributed by atoms with Gasteiger partial charge in [0.1, 0.15) is 11.6 Å². The van der Waals surface area contributed by atoms with Crippen LogP contribution in [0, 0.1) is 6.92 Å². The third-order valence-electron chi connectivity index (χ3n) is 3.73. The molecule has 2 unspecified atom stereocenters. The molecule has 4 nitrogen and oxygen atoms in total. The Morgan fingerprint density at radius 3 is 2.95 bits per heavy atom. The Labute approximate surface area is 125 Å². The number of nitrogens with zero attached hydrogens (tertiary/aromatic N) is 2. The molecule has 1 aromatic heterocycles. The van der Waals surface area contributed by atoms with E-state index in [0.717, 1.165) is 35.8 Å². The summed E-state index contributed by atoms with van der Waals surface area (Å²) in [6.07, 6.45) is 1.69. The lowest BCUT2D eigenvalue weighted by Crippen LogP contribution is -2.21. The number of hydrogen-bond donors (Lipinski definition) is 1. The van der Waals surface area contributed by atoms with Gasteiger partial charge in [-0.05, 0) is 32.4 Å². The molecule has 110 valence electrons. The number of hydrogen-bond acceptors (Lipinski definition) is 4. The van der Waals surface area contributed by atoms with Gasteiger partial charge in [0.2, 0.25) is 0 Å². The van der Waals surface area contributed by atoms with E-state index in [0.29, 0.717) is 6.61 Å². The zero-order valence-corrected chi connectivity index (χ0v) is 12.5. The minimum Gasteiger partial charge on any atom is -0.493 e. The number of ether oxygens (including phenoxy) is 1. The Morgan fingerprint density at radius 2 is 2.14 bits per heavy atom. The molecule has 21 heavy (non-hydrogen) atoms. The van der Waals surface area contributed by atoms with Crippen molar-refractivity contribution >= 4 is 0 Å². The number of rotatable bonds is 3. The molecule has 0 bridgehead atoms. The molecule has 1 aromatic carbocycles. The highest BCUT2D eigenvalue weighted by atomic mass is 16.5. The Hall–Kier alpha value is -1.94. The predicted molar refractivity (Wildman–Crippen MR) is 82.5 cm³/mol. The lowest BCUT2D eigenvalue weighted by Gasteiger charge is -2.25. The van der Waals surface area contributed by atoms with Crippen LogP contribution in [0.25, 0.3) is 0 Å². The first-order chi connectivity index (χ1) is 10.1. The monoisotopic (exact) mass is 283 g/mol. The number of nitrogens with two attached hydrogens (primary N) is 1. The maximum absolute atomic E-state index is 5.90. The van der Waals surface area contributed by atoms with Crippen molar-refractivity contribution in [3.05, 3.63) is 53.1 Å². The fourth-order valence-corrected chi connectivity index (χ4v) is 2.86. The van der Waals surface area contributed by atoms with Crippen LogP contribution in [0.1, 0.15) is 42.0 Å². The zero-order chi connectivity index (χ0) is 14.8. The minimum atomic E-state index is 0.106. The first-order valence-corrected chi connectivity index (χ1v) is 7.45. The fourth-order valence-electron chi connectivity index (χ4n) is 2.86. The number of benzene rings is 1. The van der Waals surface area contributed by atoms with Gasteiger partial charge in [-0.3, -0.25) is 0 Å². The van der Waals surface area contributed by atoms with Crippen molar-refractivity contribution in [1.29, 1.82) is 0 Å². The van der Waals surface area contributed by atoms with Crippen LogP contribution in [-0.4, -0.2) is 22.6 Å². The van der Waals surface area contributed by atoms with Crippen LogP contribution in [0.15, 0.2) is 30.3 Å². The minimum absolute atomic E-state index is 0.106. The van der Waals surface area contributed by atoms with Crippen molar-refractivity contribution in [2.75, 3.05) is 6.61 Å². The van der Waals surface area contributed by atoms with E-state index < -0.39 is 0 Å². The number of aryl methyl sites for hydroxylation is 1. The average molecular weight is 283 g/mol. The van der Waals surface area contributed by atoms with Gasteiger partial charge in [0, 0.05) is 29.4 Å². The predicted octanol–water partition coefficient (Wildman–Crippen LogP) is 2.59. The lowest BCUT2D eigenvalue weighted by molar-refractivity contribution is 0.274. The Morgan fingerprint density at radius 1 is 1.33 bits per heavy atom. The number of fused-ring (bicyclic) bond motifs is 1. The molecule has 4 heteroatoms. The normalized spacial score (nSPS) is 18.7. The standard InChI is InChI=1S/C17H21N3O/c1-11(18)9-13-10-12(2)19-17(20-13)15-7-8-21-16-6-4-3-5-14(15)16/h3-6,10-11,15H,7-9,18H2,1-2H3. The van der Waals surface area contributed by atoms with Crippen molar-refractivity contribution in [2.24, 2.45) is 5.73 Å². The highest BCUT2D eigenvalue weighted by molar-refractivity contribution is 5.41. The van der Waals surface area contributed by atoms with Gasteiger partial charge < -0.3 is 10.5 Å². The molecule has 0 saturated carbocycles. The van der Waals surface area contributed by atoms with E-state index in [2.05, 4.69) is 11.1 Å². The van der Waals surface area contributed by atoms with E-state index in [9.17, 15) is 0 Å². The molecular weight excluding hydrogens is 262 g/mol. The van der Waals surface area contributed by atoms with Crippen LogP contribution in [0.2, 0.25) is 0 Å². The Kier molecular flexibility index (Phi) is 3.88. The summed E-state index contributed by atoms with van der Waals surface area (Å²) in [5.41, 5.74) is 9.10. The highest BCUT2D eigenvalue weighted by Crippen LogP contribution is 2.36. The van der Waals surface area contributed by atoms with Crippen LogP contribution in [0.4, 0.5) is 0 Å². The van der Waals surface area contributed by atoms with Crippen LogP contribution in [0.5, 0.6) is 5.75 Å². The SMILES string of the molecule is Cc1cc(CC(C)N)nc(C2CCOc3ccccc32)n1. The van der Waals surface area contributed by atoms with Gasteiger partial charge in [-0.15, -0.1) is 0 Å². The van der Waals surface area contributed by atoms with E-state index in [4.69, 9.17) is 15.5 Å². The molecule has 0 saturated heterocycles. The molecule has 0 spiro atoms. The number of aromatic nitrogens is 2. The van der Waals surface area contributed by atoms with E-state index in [1.54, 1.807) is 0 Å². The van der Waals surface area contributed by atoms with E-state index >= 15 is 0 Å². The smallest absolute Gasteiger partial charge is 0.136 e. The third-order valence-corrected chi connectivity index (χ3v) is 3.73. The summed E-state index contributed by atoms with van der Waals surface area (Å²) in [6, 6.07) is 10.3. The summed E-state index contributed by atoms with van der Waals surface area (Å²) in [5.74, 6) is 2.05. The van der Waals surface area contributed by atoms with E-state index in [1.807, 2.05) is 38.1 Å². The highest BCUT2D eigenvalue weighted by Gasteiger charge is 2.25. The van der Waals surface area contributed by atoms with E-state index in [-0.39, 0.29) is 12.0 Å². The maximum Gasteiger partial charge on any atom is 0.136 e. The molecule has 3 rings (SSSR count). The summed E-state index contributed by atoms with van der Waals surface area (Å²) >= 11 is 0. The molecule has 2 heterocycles. The molecule has 2 aromatic rings. The van der Waals surface area contributed by atoms with Crippen LogP contribution in [0.3, 0.4) is 0 Å². The summed E-state index contributed by atoms with van der Waals surface area (Å²) in [4.78, 5) is 9.41. The van der Waals surface area contributed by atoms with Crippen LogP contribution >= 0.6 is 0 Å². The van der Waals surface area contributed by atoms with Gasteiger partial charge in [-0.25, -0.2) is 9.97 Å². The molecule has 0 amide bonds. The third kappa shape index (κ3) is 3.05. The molecule has 1 aliphatic heterocycles. The Balaban J connectivity index is 1.99. The van der Waals surface area contributed by atoms with Gasteiger partial charge in [-0.1, -0.05) is 18.2 Å². The topological polar surface area (TPSA) is 61.0 Å². The van der Waals surface area contributed by atoms with Crippen molar-refractivity contribution in [1.82, 2.24) is 9.97 Å². The first kappa shape index (κ1) is 14.0. The zero-order valence-electron chi connectivity index (χ0n) is 12.5. The van der Waals surface area contributed by atoms with Gasteiger partial charge in [-0.2, -0.15) is 0 Å². The number of para-hydroxylation sites is 1. The van der Waals surface area contributed by atoms with Gasteiger partial charge in [0.05, 0.1) is 12.5 Å². The molecule has 0 radical (unpaired) electrons. The second kappa shape index (κ2) is 5.82. The van der Waals surface area contributed by atoms with E-state index in [1.165, 1.54) is 5.56 Å². The van der Waals surface area contributed by atoms with Gasteiger partial charge in [0.25, 0.3) is 0 Å². The summed E-state index contributed by atoms with van der Waals surface area (Å²) in [7, 11) is 0. The largest absolute Gasteiger partial charge is 0.493 e. The van der Waals surface area contributed by atoms with Crippen molar-refractivity contribution < 1.29 is 4.74 Å². The van der Waals surface area contributed by atoms with Gasteiger partial charge in [0.15, 0.2) is 0 Å². The second-order valence-corrected chi connectivity index (χ2v) is 5.77. The molecule has 2 N–H and O–H groups in total. The second-order valence-electron chi connectivity index (χ2n) is 5.77. The molecule has 1 aliphatic rings. The van der Waals surface area contributed by atoms with Crippen molar-refractivity contribution in [3.8, 4) is 5.75 Å². The van der Waals surface area contributed by atoms with Crippen molar-refractivity contribution in [2.45, 2.75) is 38.6 Å². The molecule has 0 aliphatic carbocycles. The summed E-state index contributed by atoms with van der Waals surface area (Å²) in [6.45, 7) is 4.73. The molecular formula is C17H21N3O.